The van der Waals surface area contributed by atoms with Crippen molar-refractivity contribution in [2.75, 3.05) is 5.32 Å². The first-order chi connectivity index (χ1) is 20.0. The second-order valence-electron chi connectivity index (χ2n) is 12.7. The summed E-state index contributed by atoms with van der Waals surface area (Å²) in [4.78, 5) is 26.7. The Kier molecular flexibility index (Phi) is 7.95. The van der Waals surface area contributed by atoms with E-state index in [4.69, 9.17) is 32.7 Å². The normalized spacial score (nSPS) is 23.4. The zero-order chi connectivity index (χ0) is 31.5. The molecule has 3 N–H and O–H groups in total. The summed E-state index contributed by atoms with van der Waals surface area (Å²) in [6, 6.07) is 13.7. The van der Waals surface area contributed by atoms with Gasteiger partial charge in [-0.05, 0) is 101 Å². The van der Waals surface area contributed by atoms with E-state index in [0.29, 0.717) is 38.2 Å². The van der Waals surface area contributed by atoms with Crippen molar-refractivity contribution in [3.63, 3.8) is 0 Å². The predicted molar refractivity (Wildman–Crippen MR) is 164 cm³/mol. The third-order valence-corrected chi connectivity index (χ3v) is 8.57. The third kappa shape index (κ3) is 5.68. The first-order valence-electron chi connectivity index (χ1n) is 14.0. The van der Waals surface area contributed by atoms with Crippen LogP contribution in [0.4, 0.5) is 10.1 Å². The number of esters is 1. The Morgan fingerprint density at radius 3 is 2.35 bits per heavy atom. The summed E-state index contributed by atoms with van der Waals surface area (Å²) in [5.41, 5.74) is -0.426. The van der Waals surface area contributed by atoms with Gasteiger partial charge in [0, 0.05) is 33.6 Å². The maximum atomic E-state index is 14.7. The highest BCUT2D eigenvalue weighted by molar-refractivity contribution is 6.31. The Morgan fingerprint density at radius 1 is 0.977 bits per heavy atom. The molecule has 0 radical (unpaired) electrons. The number of carbonyl (C=O) groups excluding carboxylic acids is 2. The predicted octanol–water partition coefficient (Wildman–Crippen LogP) is 6.97. The van der Waals surface area contributed by atoms with Crippen molar-refractivity contribution in [2.24, 2.45) is 0 Å². The number of rotatable bonds is 5. The molecule has 228 valence electrons. The molecule has 3 aromatic carbocycles. The number of halogens is 3. The molecule has 1 fully saturated rings. The number of amides is 1. The van der Waals surface area contributed by atoms with E-state index in [0.717, 1.165) is 5.56 Å². The van der Waals surface area contributed by atoms with Crippen LogP contribution in [0.1, 0.15) is 75.3 Å². The van der Waals surface area contributed by atoms with Crippen LogP contribution in [-0.2, 0) is 19.7 Å². The van der Waals surface area contributed by atoms with E-state index in [2.05, 4.69) is 10.6 Å². The molecule has 0 aromatic heterocycles. The van der Waals surface area contributed by atoms with Crippen molar-refractivity contribution in [1.82, 2.24) is 5.32 Å². The number of anilines is 1. The molecule has 10 heteroatoms. The summed E-state index contributed by atoms with van der Waals surface area (Å²) >= 11 is 12.9. The highest BCUT2D eigenvalue weighted by Crippen LogP contribution is 2.60. The fraction of sp³-hybridized carbons (Fsp3) is 0.394. The number of benzene rings is 3. The lowest BCUT2D eigenvalue weighted by Crippen LogP contribution is -2.58. The Balaban J connectivity index is 1.74. The van der Waals surface area contributed by atoms with Gasteiger partial charge in [0.2, 0.25) is 5.91 Å². The Labute approximate surface area is 260 Å². The quantitative estimate of drug-likeness (QED) is 0.264. The first-order valence-corrected chi connectivity index (χ1v) is 14.8. The molecule has 1 spiro atoms. The van der Waals surface area contributed by atoms with Crippen molar-refractivity contribution in [3.8, 4) is 5.75 Å². The van der Waals surface area contributed by atoms with Gasteiger partial charge in [-0.15, -0.1) is 0 Å². The number of aliphatic hydroxyl groups excluding tert-OH is 1. The molecule has 4 atom stereocenters. The molecule has 0 saturated carbocycles. The van der Waals surface area contributed by atoms with Crippen LogP contribution < -0.4 is 15.4 Å². The molecule has 5 rings (SSSR count). The number of piperidine rings is 1. The molecule has 1 unspecified atom stereocenters. The van der Waals surface area contributed by atoms with Gasteiger partial charge in [-0.3, -0.25) is 4.79 Å². The van der Waals surface area contributed by atoms with Crippen molar-refractivity contribution in [1.29, 1.82) is 0 Å². The van der Waals surface area contributed by atoms with Crippen LogP contribution in [0.5, 0.6) is 5.75 Å². The van der Waals surface area contributed by atoms with Crippen LogP contribution in [-0.4, -0.2) is 34.4 Å². The van der Waals surface area contributed by atoms with Crippen LogP contribution in [0.2, 0.25) is 10.0 Å². The van der Waals surface area contributed by atoms with Gasteiger partial charge in [0.15, 0.2) is 5.60 Å². The van der Waals surface area contributed by atoms with Gasteiger partial charge in [0.25, 0.3) is 0 Å². The molecule has 0 bridgehead atoms. The lowest BCUT2D eigenvalue weighted by Gasteiger charge is -2.50. The second kappa shape index (κ2) is 11.0. The lowest BCUT2D eigenvalue weighted by molar-refractivity contribution is -0.171. The summed E-state index contributed by atoms with van der Waals surface area (Å²) in [7, 11) is 0. The topological polar surface area (TPSA) is 96.9 Å². The van der Waals surface area contributed by atoms with Gasteiger partial charge < -0.3 is 25.2 Å². The van der Waals surface area contributed by atoms with E-state index in [-0.39, 0.29) is 12.3 Å². The first kappa shape index (κ1) is 31.1. The van der Waals surface area contributed by atoms with Crippen LogP contribution in [0.15, 0.2) is 54.6 Å². The van der Waals surface area contributed by atoms with Crippen molar-refractivity contribution < 1.29 is 28.6 Å². The number of aliphatic hydroxyl groups is 1. The van der Waals surface area contributed by atoms with E-state index in [9.17, 15) is 19.1 Å². The van der Waals surface area contributed by atoms with Gasteiger partial charge in [0.1, 0.15) is 23.4 Å². The smallest absolute Gasteiger partial charge is 0.350 e. The SMILES string of the molecule is Cc1ccc(F)cc1[C@@H]1NC(=O)C[C@H](c2cc(Cl)ccc2OC(C)(C)C(=O)OC(C)(C)C)[C@]12c1ccc(Cl)cc1NC2O. The van der Waals surface area contributed by atoms with Crippen LogP contribution in [0, 0.1) is 12.7 Å². The fourth-order valence-corrected chi connectivity index (χ4v) is 6.59. The summed E-state index contributed by atoms with van der Waals surface area (Å²) < 4.78 is 26.7. The standard InChI is InChI=1S/C33H35Cl2FN2O5/c1-17-7-10-20(36)15-21(17)28-33(23-11-8-19(35)14-25(23)37-29(33)40)24(16-27(39)38-28)22-13-18(34)9-12-26(22)42-32(5,6)30(41)43-31(2,3)4/h7-15,24,28-29,37,40H,16H2,1-6H3,(H,38,39)/t24-,28+,29?,33-/m1/s1. The molecule has 2 aliphatic rings. The van der Waals surface area contributed by atoms with Crippen LogP contribution >= 0.6 is 23.2 Å². The minimum atomic E-state index is -1.42. The van der Waals surface area contributed by atoms with E-state index in [1.807, 2.05) is 13.0 Å². The van der Waals surface area contributed by atoms with E-state index >= 15 is 0 Å². The molecule has 1 amide bonds. The van der Waals surface area contributed by atoms with Crippen molar-refractivity contribution >= 4 is 40.8 Å². The molecule has 2 aliphatic heterocycles. The maximum Gasteiger partial charge on any atom is 0.350 e. The summed E-state index contributed by atoms with van der Waals surface area (Å²) in [5.74, 6) is -1.82. The van der Waals surface area contributed by atoms with Gasteiger partial charge in [0.05, 0.1) is 11.5 Å². The molecule has 2 heterocycles. The summed E-state index contributed by atoms with van der Waals surface area (Å²) in [6.07, 6.45) is -1.31. The number of nitrogens with one attached hydrogen (secondary N) is 2. The zero-order valence-corrected chi connectivity index (χ0v) is 26.4. The number of ether oxygens (including phenoxy) is 2. The van der Waals surface area contributed by atoms with E-state index in [1.54, 1.807) is 71.0 Å². The molecule has 3 aromatic rings. The summed E-state index contributed by atoms with van der Waals surface area (Å²) in [6.45, 7) is 10.3. The van der Waals surface area contributed by atoms with Crippen molar-refractivity contribution in [3.05, 3.63) is 92.7 Å². The monoisotopic (exact) mass is 628 g/mol. The fourth-order valence-electron chi connectivity index (χ4n) is 6.24. The van der Waals surface area contributed by atoms with Gasteiger partial charge in [-0.2, -0.15) is 0 Å². The minimum absolute atomic E-state index is 0.0603. The second-order valence-corrected chi connectivity index (χ2v) is 13.6. The van der Waals surface area contributed by atoms with Gasteiger partial charge in [-0.25, -0.2) is 9.18 Å². The van der Waals surface area contributed by atoms with Gasteiger partial charge >= 0.3 is 5.97 Å². The van der Waals surface area contributed by atoms with Crippen molar-refractivity contribution in [2.45, 2.75) is 82.8 Å². The van der Waals surface area contributed by atoms with Gasteiger partial charge in [-0.1, -0.05) is 35.3 Å². The molecule has 1 saturated heterocycles. The molecule has 0 aliphatic carbocycles. The third-order valence-electron chi connectivity index (χ3n) is 8.10. The molecular weight excluding hydrogens is 594 g/mol. The number of hydrogen-bond acceptors (Lipinski definition) is 6. The highest BCUT2D eigenvalue weighted by Gasteiger charge is 2.61. The molecule has 43 heavy (non-hydrogen) atoms. The Bertz CT molecular complexity index is 1600. The highest BCUT2D eigenvalue weighted by atomic mass is 35.5. The average molecular weight is 630 g/mol. The zero-order valence-electron chi connectivity index (χ0n) is 24.8. The van der Waals surface area contributed by atoms with E-state index in [1.165, 1.54) is 12.1 Å². The maximum absolute atomic E-state index is 14.7. The molecular formula is C33H35Cl2FN2O5. The van der Waals surface area contributed by atoms with Crippen LogP contribution in [0.25, 0.3) is 0 Å². The molecule has 7 nitrogen and oxygen atoms in total. The number of aryl methyl sites for hydroxylation is 1. The number of hydrogen-bond donors (Lipinski definition) is 3. The Morgan fingerprint density at radius 2 is 1.65 bits per heavy atom. The summed E-state index contributed by atoms with van der Waals surface area (Å²) in [5, 5.41) is 19.0. The largest absolute Gasteiger partial charge is 0.476 e. The van der Waals surface area contributed by atoms with Crippen LogP contribution in [0.3, 0.4) is 0 Å². The number of carbonyl (C=O) groups is 2. The number of fused-ring (bicyclic) bond motifs is 2. The average Bonchev–Trinajstić information content (AvgIpc) is 3.17. The Hall–Kier alpha value is -3.33. The minimum Gasteiger partial charge on any atom is -0.476 e. The van der Waals surface area contributed by atoms with E-state index < -0.39 is 46.6 Å². The lowest BCUT2D eigenvalue weighted by atomic mass is 9.58.